The van der Waals surface area contributed by atoms with Crippen LogP contribution in [0.25, 0.3) is 0 Å². The predicted molar refractivity (Wildman–Crippen MR) is 71.1 cm³/mol. The van der Waals surface area contributed by atoms with Gasteiger partial charge in [-0.1, -0.05) is 23.7 Å². The Morgan fingerprint density at radius 1 is 1.39 bits per heavy atom. The number of benzene rings is 1. The molecule has 1 aromatic carbocycles. The summed E-state index contributed by atoms with van der Waals surface area (Å²) in [6.45, 7) is 1.89. The van der Waals surface area contributed by atoms with Crippen molar-refractivity contribution in [1.29, 1.82) is 0 Å². The summed E-state index contributed by atoms with van der Waals surface area (Å²) in [5, 5.41) is 2.52. The summed E-state index contributed by atoms with van der Waals surface area (Å²) in [5.41, 5.74) is 7.22. The Morgan fingerprint density at radius 3 is 2.72 bits per heavy atom. The van der Waals surface area contributed by atoms with Crippen molar-refractivity contribution < 1.29 is 8.78 Å². The van der Waals surface area contributed by atoms with Crippen molar-refractivity contribution in [3.05, 3.63) is 56.2 Å². The number of nitrogens with two attached hydrogens (primary N) is 1. The molecule has 0 amide bonds. The lowest BCUT2D eigenvalue weighted by atomic mass is 10.0. The van der Waals surface area contributed by atoms with Gasteiger partial charge >= 0.3 is 0 Å². The van der Waals surface area contributed by atoms with Crippen LogP contribution in [0.2, 0.25) is 5.02 Å². The summed E-state index contributed by atoms with van der Waals surface area (Å²) in [5.74, 6) is -1.69. The molecule has 0 aliphatic carbocycles. The van der Waals surface area contributed by atoms with E-state index in [0.717, 1.165) is 16.5 Å². The number of rotatable bonds is 3. The molecular weight excluding hydrogens is 276 g/mol. The molecule has 2 rings (SSSR count). The standard InChI is InChI=1S/C13H12ClF2NS/c1-7-6-18-13(11(7)14)10(17)5-8-3-2-4-9(15)12(8)16/h2-4,6,10H,5,17H2,1H3. The third-order valence-electron chi connectivity index (χ3n) is 2.73. The fraction of sp³-hybridized carbons (Fsp3) is 0.231. The Balaban J connectivity index is 2.24. The number of thiophene rings is 1. The number of halogens is 3. The maximum Gasteiger partial charge on any atom is 0.162 e. The predicted octanol–water partition coefficient (Wildman–Crippen LogP) is 4.23. The van der Waals surface area contributed by atoms with Crippen LogP contribution < -0.4 is 5.73 Å². The highest BCUT2D eigenvalue weighted by Crippen LogP contribution is 2.33. The zero-order chi connectivity index (χ0) is 13.3. The van der Waals surface area contributed by atoms with Crippen molar-refractivity contribution in [1.82, 2.24) is 0 Å². The number of hydrogen-bond acceptors (Lipinski definition) is 2. The normalized spacial score (nSPS) is 12.7. The van der Waals surface area contributed by atoms with Crippen molar-refractivity contribution in [3.63, 3.8) is 0 Å². The van der Waals surface area contributed by atoms with Crippen molar-refractivity contribution in [2.45, 2.75) is 19.4 Å². The van der Waals surface area contributed by atoms with Crippen LogP contribution in [-0.4, -0.2) is 0 Å². The molecule has 1 atom stereocenters. The Labute approximate surface area is 113 Å². The van der Waals surface area contributed by atoms with Crippen molar-refractivity contribution in [2.24, 2.45) is 5.73 Å². The summed E-state index contributed by atoms with van der Waals surface area (Å²) in [7, 11) is 0. The maximum atomic E-state index is 13.5. The Morgan fingerprint density at radius 2 is 2.11 bits per heavy atom. The highest BCUT2D eigenvalue weighted by molar-refractivity contribution is 7.10. The van der Waals surface area contributed by atoms with Crippen LogP contribution in [0.4, 0.5) is 8.78 Å². The van der Waals surface area contributed by atoms with Gasteiger partial charge in [0.2, 0.25) is 0 Å². The number of aryl methyl sites for hydroxylation is 1. The summed E-state index contributed by atoms with van der Waals surface area (Å²) in [6, 6.07) is 3.67. The minimum absolute atomic E-state index is 0.225. The van der Waals surface area contributed by atoms with Gasteiger partial charge in [0, 0.05) is 10.9 Å². The van der Waals surface area contributed by atoms with Crippen LogP contribution in [0, 0.1) is 18.6 Å². The van der Waals surface area contributed by atoms with Gasteiger partial charge in [0.15, 0.2) is 11.6 Å². The molecule has 0 radical (unpaired) electrons. The molecule has 0 saturated heterocycles. The van der Waals surface area contributed by atoms with Gasteiger partial charge in [-0.25, -0.2) is 8.78 Å². The molecule has 0 aliphatic rings. The van der Waals surface area contributed by atoms with Crippen LogP contribution in [0.15, 0.2) is 23.6 Å². The highest BCUT2D eigenvalue weighted by atomic mass is 35.5. The van der Waals surface area contributed by atoms with Gasteiger partial charge in [-0.05, 0) is 35.9 Å². The molecule has 1 nitrogen and oxygen atoms in total. The second kappa shape index (κ2) is 5.34. The van der Waals surface area contributed by atoms with E-state index in [4.69, 9.17) is 17.3 Å². The molecule has 1 heterocycles. The quantitative estimate of drug-likeness (QED) is 0.898. The van der Waals surface area contributed by atoms with Gasteiger partial charge in [-0.15, -0.1) is 11.3 Å². The molecule has 0 aliphatic heterocycles. The van der Waals surface area contributed by atoms with E-state index in [0.29, 0.717) is 5.02 Å². The summed E-state index contributed by atoms with van der Waals surface area (Å²) >= 11 is 7.54. The van der Waals surface area contributed by atoms with Gasteiger partial charge in [-0.2, -0.15) is 0 Å². The molecule has 2 aromatic rings. The molecular formula is C13H12ClF2NS. The van der Waals surface area contributed by atoms with Gasteiger partial charge in [0.05, 0.1) is 5.02 Å². The first kappa shape index (κ1) is 13.5. The van der Waals surface area contributed by atoms with Crippen LogP contribution in [0.5, 0.6) is 0 Å². The molecule has 1 unspecified atom stereocenters. The Hall–Kier alpha value is -0.970. The highest BCUT2D eigenvalue weighted by Gasteiger charge is 2.17. The molecule has 1 aromatic heterocycles. The van der Waals surface area contributed by atoms with E-state index >= 15 is 0 Å². The van der Waals surface area contributed by atoms with E-state index in [9.17, 15) is 8.78 Å². The lowest BCUT2D eigenvalue weighted by Gasteiger charge is -2.11. The zero-order valence-electron chi connectivity index (χ0n) is 9.71. The van der Waals surface area contributed by atoms with Gasteiger partial charge in [0.1, 0.15) is 0 Å². The van der Waals surface area contributed by atoms with Gasteiger partial charge in [-0.3, -0.25) is 0 Å². The topological polar surface area (TPSA) is 26.0 Å². The van der Waals surface area contributed by atoms with E-state index in [1.165, 1.54) is 23.5 Å². The molecule has 2 N–H and O–H groups in total. The molecule has 18 heavy (non-hydrogen) atoms. The van der Waals surface area contributed by atoms with E-state index in [2.05, 4.69) is 0 Å². The van der Waals surface area contributed by atoms with E-state index in [-0.39, 0.29) is 12.0 Å². The summed E-state index contributed by atoms with van der Waals surface area (Å²) < 4.78 is 26.6. The van der Waals surface area contributed by atoms with E-state index in [1.54, 1.807) is 0 Å². The van der Waals surface area contributed by atoms with Gasteiger partial charge in [0.25, 0.3) is 0 Å². The Bertz CT molecular complexity index is 568. The molecule has 5 heteroatoms. The van der Waals surface area contributed by atoms with Crippen LogP contribution in [0.1, 0.15) is 22.0 Å². The van der Waals surface area contributed by atoms with Crippen molar-refractivity contribution in [3.8, 4) is 0 Å². The zero-order valence-corrected chi connectivity index (χ0v) is 11.3. The van der Waals surface area contributed by atoms with Crippen molar-refractivity contribution in [2.75, 3.05) is 0 Å². The Kier molecular flexibility index (Phi) is 4.00. The first-order valence-electron chi connectivity index (χ1n) is 5.42. The number of hydrogen-bond donors (Lipinski definition) is 1. The summed E-state index contributed by atoms with van der Waals surface area (Å²) in [6.07, 6.45) is 0.225. The molecule has 0 bridgehead atoms. The average Bonchev–Trinajstić information content (AvgIpc) is 2.66. The van der Waals surface area contributed by atoms with E-state index < -0.39 is 17.7 Å². The second-order valence-electron chi connectivity index (χ2n) is 4.12. The van der Waals surface area contributed by atoms with Crippen LogP contribution >= 0.6 is 22.9 Å². The smallest absolute Gasteiger partial charge is 0.162 e. The summed E-state index contributed by atoms with van der Waals surface area (Å²) in [4.78, 5) is 0.804. The first-order valence-corrected chi connectivity index (χ1v) is 6.68. The van der Waals surface area contributed by atoms with Crippen LogP contribution in [-0.2, 0) is 6.42 Å². The second-order valence-corrected chi connectivity index (χ2v) is 5.41. The monoisotopic (exact) mass is 287 g/mol. The molecule has 96 valence electrons. The fourth-order valence-electron chi connectivity index (χ4n) is 1.74. The molecule has 0 spiro atoms. The largest absolute Gasteiger partial charge is 0.323 e. The lowest BCUT2D eigenvalue weighted by Crippen LogP contribution is -2.13. The molecule has 0 saturated carbocycles. The fourth-order valence-corrected chi connectivity index (χ4v) is 3.07. The van der Waals surface area contributed by atoms with E-state index in [1.807, 2.05) is 12.3 Å². The van der Waals surface area contributed by atoms with Crippen molar-refractivity contribution >= 4 is 22.9 Å². The SMILES string of the molecule is Cc1csc(C(N)Cc2cccc(F)c2F)c1Cl. The minimum atomic E-state index is -0.854. The average molecular weight is 288 g/mol. The first-order chi connectivity index (χ1) is 8.50. The molecule has 0 fully saturated rings. The van der Waals surface area contributed by atoms with Gasteiger partial charge < -0.3 is 5.73 Å². The lowest BCUT2D eigenvalue weighted by molar-refractivity contribution is 0.494. The van der Waals surface area contributed by atoms with Crippen LogP contribution in [0.3, 0.4) is 0 Å². The third-order valence-corrected chi connectivity index (χ3v) is 4.58. The third kappa shape index (κ3) is 2.55. The minimum Gasteiger partial charge on any atom is -0.323 e. The maximum absolute atomic E-state index is 13.5.